The molecular formula is C15H10BrN3O. The molecule has 20 heavy (non-hydrogen) atoms. The van der Waals surface area contributed by atoms with Gasteiger partial charge >= 0.3 is 0 Å². The van der Waals surface area contributed by atoms with Crippen LogP contribution < -0.4 is 5.32 Å². The average Bonchev–Trinajstić information content (AvgIpc) is 2.48. The summed E-state index contributed by atoms with van der Waals surface area (Å²) < 4.78 is 0.634. The maximum Gasteiger partial charge on any atom is 0.129 e. The molecule has 2 rings (SSSR count). The molecule has 0 aliphatic rings. The van der Waals surface area contributed by atoms with Crippen molar-refractivity contribution >= 4 is 21.6 Å². The highest BCUT2D eigenvalue weighted by molar-refractivity contribution is 9.10. The van der Waals surface area contributed by atoms with Crippen molar-refractivity contribution in [2.24, 2.45) is 0 Å². The van der Waals surface area contributed by atoms with E-state index >= 15 is 0 Å². The monoisotopic (exact) mass is 327 g/mol. The smallest absolute Gasteiger partial charge is 0.129 e. The predicted molar refractivity (Wildman–Crippen MR) is 79.0 cm³/mol. The molecule has 2 aromatic rings. The molecule has 0 spiro atoms. The van der Waals surface area contributed by atoms with Gasteiger partial charge in [-0.1, -0.05) is 6.07 Å². The van der Waals surface area contributed by atoms with Crippen molar-refractivity contribution in [3.05, 3.63) is 57.6 Å². The third-order valence-electron chi connectivity index (χ3n) is 2.77. The number of phenols is 1. The second-order valence-corrected chi connectivity index (χ2v) is 4.98. The highest BCUT2D eigenvalue weighted by Crippen LogP contribution is 2.24. The number of benzene rings is 2. The van der Waals surface area contributed by atoms with E-state index in [-0.39, 0.29) is 5.75 Å². The first-order valence-corrected chi connectivity index (χ1v) is 6.59. The maximum atomic E-state index is 9.42. The van der Waals surface area contributed by atoms with Crippen LogP contribution in [-0.4, -0.2) is 5.11 Å². The zero-order valence-electron chi connectivity index (χ0n) is 10.4. The van der Waals surface area contributed by atoms with E-state index in [2.05, 4.69) is 21.2 Å². The van der Waals surface area contributed by atoms with Crippen LogP contribution in [0.15, 0.2) is 40.9 Å². The third-order valence-corrected chi connectivity index (χ3v) is 3.40. The van der Waals surface area contributed by atoms with Gasteiger partial charge in [0.1, 0.15) is 17.9 Å². The quantitative estimate of drug-likeness (QED) is 0.903. The Morgan fingerprint density at radius 1 is 1.05 bits per heavy atom. The molecule has 0 bridgehead atoms. The number of nitrogens with zero attached hydrogens (tertiary/aromatic N) is 2. The minimum Gasteiger partial charge on any atom is -0.507 e. The number of rotatable bonds is 3. The van der Waals surface area contributed by atoms with Gasteiger partial charge in [-0.25, -0.2) is 0 Å². The Morgan fingerprint density at radius 3 is 2.45 bits per heavy atom. The van der Waals surface area contributed by atoms with E-state index in [1.165, 1.54) is 0 Å². The molecule has 0 atom stereocenters. The van der Waals surface area contributed by atoms with E-state index in [1.54, 1.807) is 24.3 Å². The lowest BCUT2D eigenvalue weighted by atomic mass is 10.1. The Bertz CT molecular complexity index is 729. The van der Waals surface area contributed by atoms with Crippen molar-refractivity contribution < 1.29 is 5.11 Å². The summed E-state index contributed by atoms with van der Waals surface area (Å²) in [6, 6.07) is 14.2. The third kappa shape index (κ3) is 3.09. The van der Waals surface area contributed by atoms with E-state index in [4.69, 9.17) is 10.5 Å². The SMILES string of the molecule is N#Cc1ccc(NCc2ccc(O)c(Br)c2)cc1C#N. The van der Waals surface area contributed by atoms with Gasteiger partial charge in [0.15, 0.2) is 0 Å². The van der Waals surface area contributed by atoms with Gasteiger partial charge in [0.25, 0.3) is 0 Å². The fourth-order valence-corrected chi connectivity index (χ4v) is 2.13. The van der Waals surface area contributed by atoms with Crippen molar-refractivity contribution in [2.75, 3.05) is 5.32 Å². The number of hydrogen-bond acceptors (Lipinski definition) is 4. The standard InChI is InChI=1S/C15H10BrN3O/c16-14-5-10(1-4-15(14)20)9-19-13-3-2-11(7-17)12(6-13)8-18/h1-6,19-20H,9H2. The van der Waals surface area contributed by atoms with Crippen LogP contribution in [-0.2, 0) is 6.54 Å². The topological polar surface area (TPSA) is 79.8 Å². The minimum absolute atomic E-state index is 0.193. The zero-order valence-corrected chi connectivity index (χ0v) is 12.0. The summed E-state index contributed by atoms with van der Waals surface area (Å²) in [5, 5.41) is 30.4. The van der Waals surface area contributed by atoms with Gasteiger partial charge in [0, 0.05) is 12.2 Å². The van der Waals surface area contributed by atoms with Gasteiger partial charge in [-0.05, 0) is 51.8 Å². The Balaban J connectivity index is 2.13. The number of nitriles is 2. The molecule has 98 valence electrons. The van der Waals surface area contributed by atoms with Crippen molar-refractivity contribution in [2.45, 2.75) is 6.54 Å². The molecule has 0 aliphatic heterocycles. The Labute approximate surface area is 125 Å². The second-order valence-electron chi connectivity index (χ2n) is 4.12. The Hall–Kier alpha value is -2.50. The van der Waals surface area contributed by atoms with Gasteiger partial charge < -0.3 is 10.4 Å². The summed E-state index contributed by atoms with van der Waals surface area (Å²) in [7, 11) is 0. The molecule has 0 saturated carbocycles. The first-order chi connectivity index (χ1) is 9.63. The number of anilines is 1. The Morgan fingerprint density at radius 2 is 1.80 bits per heavy atom. The number of nitrogens with one attached hydrogen (secondary N) is 1. The molecule has 0 unspecified atom stereocenters. The van der Waals surface area contributed by atoms with Crippen molar-refractivity contribution in [3.63, 3.8) is 0 Å². The van der Waals surface area contributed by atoms with Gasteiger partial charge in [-0.2, -0.15) is 10.5 Å². The van der Waals surface area contributed by atoms with Gasteiger partial charge in [-0.3, -0.25) is 0 Å². The summed E-state index contributed by atoms with van der Waals surface area (Å²) in [6.45, 7) is 0.551. The molecule has 0 radical (unpaired) electrons. The number of halogens is 1. The van der Waals surface area contributed by atoms with Crippen LogP contribution in [0.25, 0.3) is 0 Å². The summed E-state index contributed by atoms with van der Waals surface area (Å²) in [6.07, 6.45) is 0. The fourth-order valence-electron chi connectivity index (χ4n) is 1.71. The van der Waals surface area contributed by atoms with Crippen LogP contribution in [0.5, 0.6) is 5.75 Å². The lowest BCUT2D eigenvalue weighted by Gasteiger charge is -2.08. The summed E-state index contributed by atoms with van der Waals surface area (Å²) >= 11 is 3.26. The van der Waals surface area contributed by atoms with Crippen molar-refractivity contribution in [1.82, 2.24) is 0 Å². The fraction of sp³-hybridized carbons (Fsp3) is 0.0667. The molecular weight excluding hydrogens is 318 g/mol. The van der Waals surface area contributed by atoms with Crippen molar-refractivity contribution in [1.29, 1.82) is 10.5 Å². The first kappa shape index (κ1) is 13.9. The van der Waals surface area contributed by atoms with Gasteiger partial charge in [0.05, 0.1) is 15.6 Å². The van der Waals surface area contributed by atoms with Crippen molar-refractivity contribution in [3.8, 4) is 17.9 Å². The predicted octanol–water partition coefficient (Wildman–Crippen LogP) is 3.51. The van der Waals surface area contributed by atoms with E-state index in [1.807, 2.05) is 24.3 Å². The van der Waals surface area contributed by atoms with E-state index < -0.39 is 0 Å². The molecule has 2 N–H and O–H groups in total. The highest BCUT2D eigenvalue weighted by Gasteiger charge is 2.03. The highest BCUT2D eigenvalue weighted by atomic mass is 79.9. The molecule has 0 amide bonds. The molecule has 4 nitrogen and oxygen atoms in total. The van der Waals surface area contributed by atoms with Crippen LogP contribution in [0.4, 0.5) is 5.69 Å². The molecule has 5 heteroatoms. The minimum atomic E-state index is 0.193. The first-order valence-electron chi connectivity index (χ1n) is 5.79. The lowest BCUT2D eigenvalue weighted by Crippen LogP contribution is -2.00. The number of hydrogen-bond donors (Lipinski definition) is 2. The Kier molecular flexibility index (Phi) is 4.24. The van der Waals surface area contributed by atoms with Crippen LogP contribution in [0.3, 0.4) is 0 Å². The van der Waals surface area contributed by atoms with Crippen LogP contribution in [0.2, 0.25) is 0 Å². The summed E-state index contributed by atoms with van der Waals surface area (Å²) in [5.74, 6) is 0.193. The summed E-state index contributed by atoms with van der Waals surface area (Å²) in [5.41, 5.74) is 2.47. The van der Waals surface area contributed by atoms with Crippen LogP contribution in [0, 0.1) is 22.7 Å². The lowest BCUT2D eigenvalue weighted by molar-refractivity contribution is 0.471. The molecule has 0 fully saturated rings. The maximum absolute atomic E-state index is 9.42. The normalized spacial score (nSPS) is 9.55. The summed E-state index contributed by atoms with van der Waals surface area (Å²) in [4.78, 5) is 0. The van der Waals surface area contributed by atoms with Crippen LogP contribution >= 0.6 is 15.9 Å². The number of aromatic hydroxyl groups is 1. The average molecular weight is 328 g/mol. The van der Waals surface area contributed by atoms with Gasteiger partial charge in [-0.15, -0.1) is 0 Å². The largest absolute Gasteiger partial charge is 0.507 e. The van der Waals surface area contributed by atoms with Gasteiger partial charge in [0.2, 0.25) is 0 Å². The molecule has 0 aromatic heterocycles. The molecule has 0 heterocycles. The second kappa shape index (κ2) is 6.10. The number of phenolic OH excluding ortho intramolecular Hbond substituents is 1. The van der Waals surface area contributed by atoms with E-state index in [9.17, 15) is 5.11 Å². The van der Waals surface area contributed by atoms with Crippen LogP contribution in [0.1, 0.15) is 16.7 Å². The molecule has 2 aromatic carbocycles. The zero-order chi connectivity index (χ0) is 14.5. The van der Waals surface area contributed by atoms with E-state index in [0.29, 0.717) is 22.1 Å². The molecule has 0 aliphatic carbocycles. The molecule has 0 saturated heterocycles. The van der Waals surface area contributed by atoms with E-state index in [0.717, 1.165) is 11.3 Å².